The number of rotatable bonds is 8. The molecule has 3 unspecified atom stereocenters. The van der Waals surface area contributed by atoms with Crippen LogP contribution in [-0.2, 0) is 6.42 Å². The Morgan fingerprint density at radius 1 is 1.08 bits per heavy atom. The van der Waals surface area contributed by atoms with Crippen LogP contribution in [0.25, 0.3) is 0 Å². The topological polar surface area (TPSA) is 0 Å². The molecule has 2 heteroatoms. The Morgan fingerprint density at radius 2 is 1.83 bits per heavy atom. The Morgan fingerprint density at radius 3 is 2.50 bits per heavy atom. The van der Waals surface area contributed by atoms with Gasteiger partial charge in [-0.25, -0.2) is 0 Å². The maximum atomic E-state index is 6.63. The van der Waals surface area contributed by atoms with Crippen LogP contribution in [0.4, 0.5) is 0 Å². The van der Waals surface area contributed by atoms with Crippen LogP contribution in [0.15, 0.2) is 42.5 Å². The Bertz CT molecular complexity index is 650. The lowest BCUT2D eigenvalue weighted by Gasteiger charge is -2.26. The molecule has 0 N–H and O–H groups in total. The van der Waals surface area contributed by atoms with Crippen molar-refractivity contribution in [2.75, 3.05) is 6.66 Å². The highest BCUT2D eigenvalue weighted by molar-refractivity contribution is 7.38. The summed E-state index contributed by atoms with van der Waals surface area (Å²) in [4.78, 5) is 0. The molecule has 2 rings (SSSR count). The first-order valence-corrected chi connectivity index (χ1v) is 11.0. The van der Waals surface area contributed by atoms with Crippen molar-refractivity contribution in [3.05, 3.63) is 69.7 Å². The maximum Gasteiger partial charge on any atom is 0.0444 e. The first kappa shape index (κ1) is 19.5. The van der Waals surface area contributed by atoms with Gasteiger partial charge in [-0.15, -0.1) is 8.58 Å². The molecular weight excluding hydrogens is 331 g/mol. The van der Waals surface area contributed by atoms with E-state index in [0.717, 1.165) is 25.7 Å². The predicted octanol–water partition coefficient (Wildman–Crippen LogP) is 7.21. The summed E-state index contributed by atoms with van der Waals surface area (Å²) in [6.07, 6.45) is 4.85. The van der Waals surface area contributed by atoms with Gasteiger partial charge >= 0.3 is 0 Å². The molecule has 0 nitrogen and oxygen atoms in total. The molecule has 0 bridgehead atoms. The minimum Gasteiger partial charge on any atom is -0.121 e. The summed E-state index contributed by atoms with van der Waals surface area (Å²) < 4.78 is 0. The lowest BCUT2D eigenvalue weighted by atomic mass is 9.87. The van der Waals surface area contributed by atoms with Gasteiger partial charge in [0.25, 0.3) is 0 Å². The quantitative estimate of drug-likeness (QED) is 0.436. The second-order valence-electron chi connectivity index (χ2n) is 6.74. The molecule has 2 aromatic carbocycles. The van der Waals surface area contributed by atoms with E-state index in [-0.39, 0.29) is 0 Å². The summed E-state index contributed by atoms with van der Waals surface area (Å²) in [7, 11) is 0.980. The molecule has 0 saturated heterocycles. The molecule has 0 heterocycles. The molecule has 130 valence electrons. The Balaban J connectivity index is 2.33. The fraction of sp³-hybridized carbons (Fsp3) is 0.455. The Labute approximate surface area is 154 Å². The van der Waals surface area contributed by atoms with E-state index in [0.29, 0.717) is 5.92 Å². The number of hydrogen-bond acceptors (Lipinski definition) is 0. The summed E-state index contributed by atoms with van der Waals surface area (Å²) >= 11 is 6.63. The number of halogens is 1. The van der Waals surface area contributed by atoms with Crippen LogP contribution in [-0.4, -0.2) is 12.3 Å². The number of unbranched alkanes of at least 4 members (excludes halogenated alkanes) is 1. The normalized spacial score (nSPS) is 14.2. The van der Waals surface area contributed by atoms with E-state index in [4.69, 9.17) is 11.6 Å². The van der Waals surface area contributed by atoms with Gasteiger partial charge in [0.1, 0.15) is 0 Å². The molecule has 3 atom stereocenters. The standard InChI is InChI=1S/C22H30ClP/c1-5-6-14-22(24-4)17(3)19-12-9-13-21(23)20(19)15-18-11-8-7-10-16(18)2/h7-13,17,22,24H,5-6,14-15H2,1-4H3. The van der Waals surface area contributed by atoms with Gasteiger partial charge in [-0.05, 0) is 66.3 Å². The van der Waals surface area contributed by atoms with Crippen LogP contribution < -0.4 is 0 Å². The highest BCUT2D eigenvalue weighted by atomic mass is 35.5. The van der Waals surface area contributed by atoms with E-state index >= 15 is 0 Å². The summed E-state index contributed by atoms with van der Waals surface area (Å²) in [5.74, 6) is 0.567. The van der Waals surface area contributed by atoms with Crippen molar-refractivity contribution in [2.24, 2.45) is 0 Å². The predicted molar refractivity (Wildman–Crippen MR) is 111 cm³/mol. The highest BCUT2D eigenvalue weighted by Gasteiger charge is 2.21. The van der Waals surface area contributed by atoms with Crippen LogP contribution in [0.5, 0.6) is 0 Å². The first-order chi connectivity index (χ1) is 11.6. The van der Waals surface area contributed by atoms with E-state index in [1.165, 1.54) is 41.5 Å². The van der Waals surface area contributed by atoms with Crippen LogP contribution in [0.1, 0.15) is 61.3 Å². The smallest absolute Gasteiger partial charge is 0.0444 e. The molecular formula is C22H30ClP. The minimum absolute atomic E-state index is 0.567. The van der Waals surface area contributed by atoms with Gasteiger partial charge in [0.2, 0.25) is 0 Å². The molecule has 0 spiro atoms. The van der Waals surface area contributed by atoms with E-state index in [1.54, 1.807) is 0 Å². The fourth-order valence-electron chi connectivity index (χ4n) is 3.47. The zero-order valence-corrected chi connectivity index (χ0v) is 17.2. The second kappa shape index (κ2) is 9.59. The van der Waals surface area contributed by atoms with Crippen molar-refractivity contribution >= 4 is 20.2 Å². The highest BCUT2D eigenvalue weighted by Crippen LogP contribution is 2.38. The number of aryl methyl sites for hydroxylation is 1. The lowest BCUT2D eigenvalue weighted by molar-refractivity contribution is 0.608. The van der Waals surface area contributed by atoms with Gasteiger partial charge in [0, 0.05) is 5.02 Å². The number of benzene rings is 2. The molecule has 2 aromatic rings. The summed E-state index contributed by atoms with van der Waals surface area (Å²) in [6.45, 7) is 9.21. The third-order valence-corrected chi connectivity index (χ3v) is 7.00. The van der Waals surface area contributed by atoms with Gasteiger partial charge < -0.3 is 0 Å². The van der Waals surface area contributed by atoms with Gasteiger partial charge in [-0.1, -0.05) is 74.7 Å². The molecule has 0 aliphatic heterocycles. The molecule has 0 aliphatic carbocycles. The van der Waals surface area contributed by atoms with E-state index in [9.17, 15) is 0 Å². The van der Waals surface area contributed by atoms with E-state index < -0.39 is 0 Å². The molecule has 0 radical (unpaired) electrons. The SMILES string of the molecule is CCCCC(PC)C(C)c1cccc(Cl)c1Cc1ccccc1C. The van der Waals surface area contributed by atoms with Crippen LogP contribution in [0.2, 0.25) is 5.02 Å². The maximum absolute atomic E-state index is 6.63. The zero-order chi connectivity index (χ0) is 17.5. The molecule has 0 fully saturated rings. The third kappa shape index (κ3) is 4.84. The molecule has 0 saturated carbocycles. The Kier molecular flexibility index (Phi) is 7.79. The van der Waals surface area contributed by atoms with Crippen molar-refractivity contribution in [1.29, 1.82) is 0 Å². The van der Waals surface area contributed by atoms with Gasteiger partial charge in [-0.3, -0.25) is 0 Å². The average Bonchev–Trinajstić information content (AvgIpc) is 2.59. The molecule has 0 aromatic heterocycles. The van der Waals surface area contributed by atoms with Crippen LogP contribution in [0, 0.1) is 6.92 Å². The monoisotopic (exact) mass is 360 g/mol. The lowest BCUT2D eigenvalue weighted by Crippen LogP contribution is -2.14. The van der Waals surface area contributed by atoms with Crippen LogP contribution in [0.3, 0.4) is 0 Å². The van der Waals surface area contributed by atoms with Gasteiger partial charge in [0.15, 0.2) is 0 Å². The fourth-order valence-corrected chi connectivity index (χ4v) is 4.89. The zero-order valence-electron chi connectivity index (χ0n) is 15.4. The van der Waals surface area contributed by atoms with Gasteiger partial charge in [0.05, 0.1) is 0 Å². The van der Waals surface area contributed by atoms with E-state index in [2.05, 4.69) is 63.8 Å². The van der Waals surface area contributed by atoms with Crippen LogP contribution >= 0.6 is 20.2 Å². The van der Waals surface area contributed by atoms with Crippen molar-refractivity contribution in [3.8, 4) is 0 Å². The summed E-state index contributed by atoms with van der Waals surface area (Å²) in [5, 5.41) is 0.913. The van der Waals surface area contributed by atoms with Gasteiger partial charge in [-0.2, -0.15) is 0 Å². The van der Waals surface area contributed by atoms with Crippen molar-refractivity contribution < 1.29 is 0 Å². The average molecular weight is 361 g/mol. The molecule has 0 amide bonds. The second-order valence-corrected chi connectivity index (χ2v) is 8.46. The van der Waals surface area contributed by atoms with Crippen molar-refractivity contribution in [2.45, 2.75) is 58.0 Å². The summed E-state index contributed by atoms with van der Waals surface area (Å²) in [5.41, 5.74) is 6.25. The largest absolute Gasteiger partial charge is 0.121 e. The molecule has 0 aliphatic rings. The van der Waals surface area contributed by atoms with Crippen molar-refractivity contribution in [1.82, 2.24) is 0 Å². The van der Waals surface area contributed by atoms with E-state index in [1.807, 2.05) is 6.07 Å². The third-order valence-electron chi connectivity index (χ3n) is 5.12. The molecule has 24 heavy (non-hydrogen) atoms. The minimum atomic E-state index is 0.567. The number of hydrogen-bond donors (Lipinski definition) is 0. The Hall–Kier alpha value is -0.840. The summed E-state index contributed by atoms with van der Waals surface area (Å²) in [6, 6.07) is 15.1. The first-order valence-electron chi connectivity index (χ1n) is 9.07. The van der Waals surface area contributed by atoms with Crippen molar-refractivity contribution in [3.63, 3.8) is 0 Å².